The van der Waals surface area contributed by atoms with Gasteiger partial charge in [-0.1, -0.05) is 29.8 Å². The van der Waals surface area contributed by atoms with Crippen LogP contribution in [0, 0.1) is 0 Å². The van der Waals surface area contributed by atoms with Gasteiger partial charge in [0.2, 0.25) is 11.8 Å². The van der Waals surface area contributed by atoms with Crippen LogP contribution < -0.4 is 0 Å². The van der Waals surface area contributed by atoms with E-state index in [1.165, 1.54) is 4.88 Å². The van der Waals surface area contributed by atoms with Crippen LogP contribution in [0.2, 0.25) is 4.34 Å². The minimum Gasteiger partial charge on any atom is -0.419 e. The van der Waals surface area contributed by atoms with Gasteiger partial charge in [-0.25, -0.2) is 0 Å². The largest absolute Gasteiger partial charge is 0.419 e. The molecule has 3 heterocycles. The summed E-state index contributed by atoms with van der Waals surface area (Å²) in [7, 11) is 0. The minimum atomic E-state index is 0.123. The number of hydrogen-bond acceptors (Lipinski definition) is 6. The molecule has 0 unspecified atom stereocenters. The average Bonchev–Trinajstić information content (AvgIpc) is 3.32. The molecular formula is C19H21ClN4OS. The maximum Gasteiger partial charge on any atom is 0.247 e. The van der Waals surface area contributed by atoms with Gasteiger partial charge in [-0.2, -0.15) is 0 Å². The van der Waals surface area contributed by atoms with Gasteiger partial charge in [0, 0.05) is 43.2 Å². The van der Waals surface area contributed by atoms with Crippen molar-refractivity contribution in [2.75, 3.05) is 26.2 Å². The Labute approximate surface area is 162 Å². The molecule has 0 spiro atoms. The highest BCUT2D eigenvalue weighted by molar-refractivity contribution is 7.16. The highest BCUT2D eigenvalue weighted by atomic mass is 35.5. The summed E-state index contributed by atoms with van der Waals surface area (Å²) >= 11 is 7.69. The lowest BCUT2D eigenvalue weighted by molar-refractivity contribution is 0.0881. The second kappa shape index (κ2) is 7.88. The Hall–Kier alpha value is -1.73. The van der Waals surface area contributed by atoms with Crippen LogP contribution in [0.4, 0.5) is 0 Å². The molecule has 1 aromatic carbocycles. The van der Waals surface area contributed by atoms with Crippen LogP contribution in [-0.2, 0) is 6.54 Å². The van der Waals surface area contributed by atoms with Crippen LogP contribution in [0.15, 0.2) is 46.9 Å². The third-order valence-electron chi connectivity index (χ3n) is 4.78. The molecule has 7 heteroatoms. The normalized spacial score (nSPS) is 17.5. The summed E-state index contributed by atoms with van der Waals surface area (Å²) in [6, 6.07) is 14.1. The standard InChI is InChI=1S/C19H21ClN4OS/c1-14(18-21-22-19(25-18)15-5-3-2-4-6-15)24-11-9-23(10-12-24)13-16-7-8-17(20)26-16/h2-8,14H,9-13H2,1H3/t14-/m0/s1. The van der Waals surface area contributed by atoms with Crippen LogP contribution in [0.25, 0.3) is 11.5 Å². The van der Waals surface area contributed by atoms with Gasteiger partial charge in [-0.15, -0.1) is 21.5 Å². The molecule has 136 valence electrons. The van der Waals surface area contributed by atoms with Gasteiger partial charge in [0.05, 0.1) is 10.4 Å². The lowest BCUT2D eigenvalue weighted by Gasteiger charge is -2.36. The number of halogens is 1. The molecule has 26 heavy (non-hydrogen) atoms. The van der Waals surface area contributed by atoms with Gasteiger partial charge in [0.15, 0.2) is 0 Å². The van der Waals surface area contributed by atoms with Gasteiger partial charge in [0.25, 0.3) is 0 Å². The fraction of sp³-hybridized carbons (Fsp3) is 0.368. The highest BCUT2D eigenvalue weighted by Crippen LogP contribution is 2.26. The topological polar surface area (TPSA) is 45.4 Å². The Morgan fingerprint density at radius 1 is 1.08 bits per heavy atom. The molecule has 0 aliphatic carbocycles. The van der Waals surface area contributed by atoms with Gasteiger partial charge in [-0.05, 0) is 31.2 Å². The molecule has 0 saturated carbocycles. The van der Waals surface area contributed by atoms with Crippen molar-refractivity contribution in [3.05, 3.63) is 57.6 Å². The number of thiophene rings is 1. The Bertz CT molecular complexity index is 842. The first-order valence-corrected chi connectivity index (χ1v) is 9.98. The molecule has 1 aliphatic rings. The predicted molar refractivity (Wildman–Crippen MR) is 104 cm³/mol. The van der Waals surface area contributed by atoms with E-state index >= 15 is 0 Å². The number of rotatable bonds is 5. The Kier molecular flexibility index (Phi) is 5.36. The monoisotopic (exact) mass is 388 g/mol. The van der Waals surface area contributed by atoms with E-state index in [2.05, 4.69) is 33.0 Å². The fourth-order valence-corrected chi connectivity index (χ4v) is 4.35. The van der Waals surface area contributed by atoms with Gasteiger partial charge in [-0.3, -0.25) is 9.80 Å². The second-order valence-electron chi connectivity index (χ2n) is 6.51. The summed E-state index contributed by atoms with van der Waals surface area (Å²) in [5.41, 5.74) is 0.956. The van der Waals surface area contributed by atoms with Crippen LogP contribution in [0.5, 0.6) is 0 Å². The van der Waals surface area contributed by atoms with Crippen molar-refractivity contribution >= 4 is 22.9 Å². The number of piperazine rings is 1. The minimum absolute atomic E-state index is 0.123. The van der Waals surface area contributed by atoms with E-state index in [1.807, 2.05) is 36.4 Å². The number of benzene rings is 1. The van der Waals surface area contributed by atoms with Crippen molar-refractivity contribution in [2.24, 2.45) is 0 Å². The zero-order chi connectivity index (χ0) is 17.9. The molecule has 0 N–H and O–H groups in total. The van der Waals surface area contributed by atoms with E-state index < -0.39 is 0 Å². The quantitative estimate of drug-likeness (QED) is 0.651. The van der Waals surface area contributed by atoms with Crippen molar-refractivity contribution < 1.29 is 4.42 Å². The summed E-state index contributed by atoms with van der Waals surface area (Å²) in [5, 5.41) is 8.48. The van der Waals surface area contributed by atoms with Crippen molar-refractivity contribution in [1.29, 1.82) is 0 Å². The van der Waals surface area contributed by atoms with Crippen LogP contribution in [-0.4, -0.2) is 46.2 Å². The van der Waals surface area contributed by atoms with E-state index in [9.17, 15) is 0 Å². The molecule has 2 aromatic heterocycles. The van der Waals surface area contributed by atoms with Crippen LogP contribution in [0.1, 0.15) is 23.7 Å². The van der Waals surface area contributed by atoms with Crippen molar-refractivity contribution in [3.63, 3.8) is 0 Å². The smallest absolute Gasteiger partial charge is 0.247 e. The third kappa shape index (κ3) is 3.99. The zero-order valence-corrected chi connectivity index (χ0v) is 16.2. The predicted octanol–water partition coefficient (Wildman–Crippen LogP) is 4.33. The summed E-state index contributed by atoms with van der Waals surface area (Å²) in [5.74, 6) is 1.27. The molecule has 0 bridgehead atoms. The Balaban J connectivity index is 1.35. The first-order chi connectivity index (χ1) is 12.7. The first kappa shape index (κ1) is 17.7. The number of nitrogens with zero attached hydrogens (tertiary/aromatic N) is 4. The van der Waals surface area contributed by atoms with Gasteiger partial charge in [0.1, 0.15) is 0 Å². The van der Waals surface area contributed by atoms with Gasteiger partial charge < -0.3 is 4.42 Å². The molecule has 1 saturated heterocycles. The number of hydrogen-bond donors (Lipinski definition) is 0. The summed E-state index contributed by atoms with van der Waals surface area (Å²) in [6.45, 7) is 7.14. The lowest BCUT2D eigenvalue weighted by Crippen LogP contribution is -2.46. The number of aromatic nitrogens is 2. The van der Waals surface area contributed by atoms with E-state index in [0.29, 0.717) is 11.8 Å². The molecule has 3 aromatic rings. The van der Waals surface area contributed by atoms with Crippen LogP contribution >= 0.6 is 22.9 Å². The summed E-state index contributed by atoms with van der Waals surface area (Å²) in [6.07, 6.45) is 0. The van der Waals surface area contributed by atoms with Crippen molar-refractivity contribution in [3.8, 4) is 11.5 Å². The summed E-state index contributed by atoms with van der Waals surface area (Å²) < 4.78 is 6.78. The molecule has 0 amide bonds. The molecule has 4 rings (SSSR count). The Morgan fingerprint density at radius 3 is 2.54 bits per heavy atom. The van der Waals surface area contributed by atoms with Crippen molar-refractivity contribution in [2.45, 2.75) is 19.5 Å². The van der Waals surface area contributed by atoms with E-state index in [-0.39, 0.29) is 6.04 Å². The second-order valence-corrected chi connectivity index (χ2v) is 8.31. The van der Waals surface area contributed by atoms with Crippen molar-refractivity contribution in [1.82, 2.24) is 20.0 Å². The molecule has 1 atom stereocenters. The maximum atomic E-state index is 6.03. The molecule has 1 aliphatic heterocycles. The maximum absolute atomic E-state index is 6.03. The molecule has 1 fully saturated rings. The SMILES string of the molecule is C[C@@H](c1nnc(-c2ccccc2)o1)N1CCN(Cc2ccc(Cl)s2)CC1. The lowest BCUT2D eigenvalue weighted by atomic mass is 10.2. The van der Waals surface area contributed by atoms with E-state index in [4.69, 9.17) is 16.0 Å². The molecule has 5 nitrogen and oxygen atoms in total. The Morgan fingerprint density at radius 2 is 1.85 bits per heavy atom. The average molecular weight is 389 g/mol. The first-order valence-electron chi connectivity index (χ1n) is 8.78. The fourth-order valence-electron chi connectivity index (χ4n) is 3.22. The third-order valence-corrected chi connectivity index (χ3v) is 6.00. The van der Waals surface area contributed by atoms with Gasteiger partial charge >= 0.3 is 0 Å². The van der Waals surface area contributed by atoms with Crippen LogP contribution in [0.3, 0.4) is 0 Å². The van der Waals surface area contributed by atoms with E-state index in [1.54, 1.807) is 11.3 Å². The molecule has 0 radical (unpaired) electrons. The zero-order valence-electron chi connectivity index (χ0n) is 14.6. The highest BCUT2D eigenvalue weighted by Gasteiger charge is 2.26. The molecular weight excluding hydrogens is 368 g/mol. The van der Waals surface area contributed by atoms with E-state index in [0.717, 1.165) is 42.6 Å². The summed E-state index contributed by atoms with van der Waals surface area (Å²) in [4.78, 5) is 6.19.